The number of aromatic nitrogens is 2. The number of likely N-dealkylation sites (N-methyl/N-ethyl adjacent to an activating group) is 1. The van der Waals surface area contributed by atoms with Gasteiger partial charge in [-0.1, -0.05) is 6.07 Å². The molecule has 2 aromatic rings. The van der Waals surface area contributed by atoms with E-state index >= 15 is 0 Å². The van der Waals surface area contributed by atoms with Crippen molar-refractivity contribution in [2.45, 2.75) is 12.5 Å². The Kier molecular flexibility index (Phi) is 3.42. The summed E-state index contributed by atoms with van der Waals surface area (Å²) < 4.78 is 0. The number of hydrogen-bond acceptors (Lipinski definition) is 4. The SMILES string of the molecule is CNC(Cc1cccs1)c1ccncn1. The van der Waals surface area contributed by atoms with E-state index in [1.807, 2.05) is 13.1 Å². The fourth-order valence-corrected chi connectivity index (χ4v) is 2.24. The molecule has 2 heterocycles. The van der Waals surface area contributed by atoms with E-state index in [4.69, 9.17) is 0 Å². The van der Waals surface area contributed by atoms with Gasteiger partial charge in [0.05, 0.1) is 11.7 Å². The molecule has 0 aliphatic carbocycles. The van der Waals surface area contributed by atoms with Crippen LogP contribution < -0.4 is 5.32 Å². The molecule has 1 atom stereocenters. The van der Waals surface area contributed by atoms with Crippen LogP contribution in [0, 0.1) is 0 Å². The predicted octanol–water partition coefficient (Wildman–Crippen LogP) is 2.04. The molecule has 0 aromatic carbocycles. The van der Waals surface area contributed by atoms with Crippen molar-refractivity contribution < 1.29 is 0 Å². The van der Waals surface area contributed by atoms with Crippen LogP contribution in [0.15, 0.2) is 36.1 Å². The van der Waals surface area contributed by atoms with Gasteiger partial charge < -0.3 is 5.32 Å². The highest BCUT2D eigenvalue weighted by Gasteiger charge is 2.11. The van der Waals surface area contributed by atoms with Crippen molar-refractivity contribution in [2.75, 3.05) is 7.05 Å². The van der Waals surface area contributed by atoms with Gasteiger partial charge in [0.15, 0.2) is 0 Å². The monoisotopic (exact) mass is 219 g/mol. The number of thiophene rings is 1. The normalized spacial score (nSPS) is 12.6. The van der Waals surface area contributed by atoms with Crippen LogP contribution in [0.5, 0.6) is 0 Å². The summed E-state index contributed by atoms with van der Waals surface area (Å²) in [5.41, 5.74) is 1.04. The van der Waals surface area contributed by atoms with Gasteiger partial charge in [-0.2, -0.15) is 0 Å². The van der Waals surface area contributed by atoms with E-state index in [-0.39, 0.29) is 6.04 Å². The van der Waals surface area contributed by atoms with Crippen LogP contribution in [0.4, 0.5) is 0 Å². The highest BCUT2D eigenvalue weighted by molar-refractivity contribution is 7.09. The second kappa shape index (κ2) is 5.00. The van der Waals surface area contributed by atoms with Crippen LogP contribution in [-0.2, 0) is 6.42 Å². The van der Waals surface area contributed by atoms with Crippen molar-refractivity contribution in [3.8, 4) is 0 Å². The smallest absolute Gasteiger partial charge is 0.115 e. The molecular weight excluding hydrogens is 206 g/mol. The zero-order valence-corrected chi connectivity index (χ0v) is 9.37. The van der Waals surface area contributed by atoms with Gasteiger partial charge in [0, 0.05) is 17.5 Å². The van der Waals surface area contributed by atoms with Crippen LogP contribution in [-0.4, -0.2) is 17.0 Å². The second-order valence-corrected chi connectivity index (χ2v) is 4.29. The minimum Gasteiger partial charge on any atom is -0.311 e. The number of rotatable bonds is 4. The summed E-state index contributed by atoms with van der Waals surface area (Å²) >= 11 is 1.78. The molecule has 0 saturated heterocycles. The maximum Gasteiger partial charge on any atom is 0.115 e. The highest BCUT2D eigenvalue weighted by Crippen LogP contribution is 2.18. The highest BCUT2D eigenvalue weighted by atomic mass is 32.1. The quantitative estimate of drug-likeness (QED) is 0.855. The molecule has 2 aromatic heterocycles. The Bertz CT molecular complexity index is 385. The molecule has 78 valence electrons. The van der Waals surface area contributed by atoms with Crippen molar-refractivity contribution in [3.05, 3.63) is 46.7 Å². The van der Waals surface area contributed by atoms with Gasteiger partial charge in [-0.15, -0.1) is 11.3 Å². The van der Waals surface area contributed by atoms with Gasteiger partial charge >= 0.3 is 0 Å². The molecular formula is C11H13N3S. The molecule has 0 radical (unpaired) electrons. The fraction of sp³-hybridized carbons (Fsp3) is 0.273. The van der Waals surface area contributed by atoms with Crippen molar-refractivity contribution >= 4 is 11.3 Å². The summed E-state index contributed by atoms with van der Waals surface area (Å²) in [5, 5.41) is 5.37. The standard InChI is InChI=1S/C11H13N3S/c1-12-11(7-9-3-2-6-15-9)10-4-5-13-8-14-10/h2-6,8,11-12H,7H2,1H3. The molecule has 0 fully saturated rings. The number of nitrogens with zero attached hydrogens (tertiary/aromatic N) is 2. The molecule has 2 rings (SSSR count). The first-order valence-corrected chi connectivity index (χ1v) is 5.73. The zero-order valence-electron chi connectivity index (χ0n) is 8.55. The molecule has 0 amide bonds. The Balaban J connectivity index is 2.12. The van der Waals surface area contributed by atoms with Gasteiger partial charge in [0.25, 0.3) is 0 Å². The summed E-state index contributed by atoms with van der Waals surface area (Å²) in [6, 6.07) is 6.45. The maximum absolute atomic E-state index is 4.26. The Morgan fingerprint density at radius 1 is 1.47 bits per heavy atom. The van der Waals surface area contributed by atoms with Gasteiger partial charge in [-0.05, 0) is 24.6 Å². The molecule has 0 aliphatic rings. The predicted molar refractivity (Wildman–Crippen MR) is 61.9 cm³/mol. The van der Waals surface area contributed by atoms with Crippen LogP contribution in [0.25, 0.3) is 0 Å². The maximum atomic E-state index is 4.26. The van der Waals surface area contributed by atoms with Crippen molar-refractivity contribution in [1.29, 1.82) is 0 Å². The third-order valence-corrected chi connectivity index (χ3v) is 3.19. The topological polar surface area (TPSA) is 37.8 Å². The van der Waals surface area contributed by atoms with E-state index in [1.165, 1.54) is 4.88 Å². The van der Waals surface area contributed by atoms with Crippen molar-refractivity contribution in [3.63, 3.8) is 0 Å². The van der Waals surface area contributed by atoms with E-state index in [1.54, 1.807) is 23.9 Å². The Hall–Kier alpha value is -1.26. The first-order valence-electron chi connectivity index (χ1n) is 4.85. The minimum atomic E-state index is 0.270. The van der Waals surface area contributed by atoms with Gasteiger partial charge in [-0.3, -0.25) is 0 Å². The number of nitrogens with one attached hydrogen (secondary N) is 1. The third-order valence-electron chi connectivity index (χ3n) is 2.30. The van der Waals surface area contributed by atoms with Gasteiger partial charge in [0.2, 0.25) is 0 Å². The molecule has 0 spiro atoms. The first kappa shape index (κ1) is 10.3. The van der Waals surface area contributed by atoms with E-state index < -0.39 is 0 Å². The van der Waals surface area contributed by atoms with Crippen LogP contribution in [0.3, 0.4) is 0 Å². The average Bonchev–Trinajstić information content (AvgIpc) is 2.80. The molecule has 0 aliphatic heterocycles. The molecule has 1 N–H and O–H groups in total. The van der Waals surface area contributed by atoms with E-state index in [2.05, 4.69) is 32.8 Å². The lowest BCUT2D eigenvalue weighted by atomic mass is 10.1. The van der Waals surface area contributed by atoms with Crippen molar-refractivity contribution in [1.82, 2.24) is 15.3 Å². The summed E-state index contributed by atoms with van der Waals surface area (Å²) in [4.78, 5) is 9.55. The van der Waals surface area contributed by atoms with Gasteiger partial charge in [0.1, 0.15) is 6.33 Å². The lowest BCUT2D eigenvalue weighted by Crippen LogP contribution is -2.19. The van der Waals surface area contributed by atoms with E-state index in [9.17, 15) is 0 Å². The van der Waals surface area contributed by atoms with Crippen molar-refractivity contribution in [2.24, 2.45) is 0 Å². The molecule has 15 heavy (non-hydrogen) atoms. The second-order valence-electron chi connectivity index (χ2n) is 3.26. The van der Waals surface area contributed by atoms with E-state index in [0.29, 0.717) is 0 Å². The zero-order chi connectivity index (χ0) is 10.5. The average molecular weight is 219 g/mol. The number of hydrogen-bond donors (Lipinski definition) is 1. The molecule has 3 nitrogen and oxygen atoms in total. The largest absolute Gasteiger partial charge is 0.311 e. The summed E-state index contributed by atoms with van der Waals surface area (Å²) in [7, 11) is 1.96. The first-order chi connectivity index (χ1) is 7.40. The van der Waals surface area contributed by atoms with Crippen LogP contribution >= 0.6 is 11.3 Å². The van der Waals surface area contributed by atoms with Crippen LogP contribution in [0.1, 0.15) is 16.6 Å². The summed E-state index contributed by atoms with van der Waals surface area (Å²) in [6.45, 7) is 0. The lowest BCUT2D eigenvalue weighted by molar-refractivity contribution is 0.578. The Morgan fingerprint density at radius 2 is 2.40 bits per heavy atom. The minimum absolute atomic E-state index is 0.270. The lowest BCUT2D eigenvalue weighted by Gasteiger charge is -2.13. The molecule has 4 heteroatoms. The third kappa shape index (κ3) is 2.61. The molecule has 0 saturated carbocycles. The van der Waals surface area contributed by atoms with Crippen LogP contribution in [0.2, 0.25) is 0 Å². The Labute approximate surface area is 93.2 Å². The summed E-state index contributed by atoms with van der Waals surface area (Å²) in [5.74, 6) is 0. The van der Waals surface area contributed by atoms with E-state index in [0.717, 1.165) is 12.1 Å². The Morgan fingerprint density at radius 3 is 3.00 bits per heavy atom. The summed E-state index contributed by atoms with van der Waals surface area (Å²) in [6.07, 6.45) is 4.35. The fourth-order valence-electron chi connectivity index (χ4n) is 1.49. The molecule has 1 unspecified atom stereocenters. The van der Waals surface area contributed by atoms with Gasteiger partial charge in [-0.25, -0.2) is 9.97 Å². The molecule has 0 bridgehead atoms.